The Morgan fingerprint density at radius 1 is 1.00 bits per heavy atom. The SMILES string of the molecule is CC(C)(C)OC(=O)N1C(=O)[C@](SC(F)(F)F)(c2ccccc2)c2ccccc21. The van der Waals surface area contributed by atoms with E-state index in [4.69, 9.17) is 4.74 Å². The van der Waals surface area contributed by atoms with Crippen molar-refractivity contribution in [1.29, 1.82) is 0 Å². The number of thioether (sulfide) groups is 1. The van der Waals surface area contributed by atoms with Gasteiger partial charge in [-0.15, -0.1) is 0 Å². The number of halogens is 3. The predicted octanol–water partition coefficient (Wildman–Crippen LogP) is 5.46. The normalized spacial score (nSPS) is 19.5. The summed E-state index contributed by atoms with van der Waals surface area (Å²) in [5, 5.41) is 0. The van der Waals surface area contributed by atoms with Crippen molar-refractivity contribution >= 4 is 29.4 Å². The van der Waals surface area contributed by atoms with Gasteiger partial charge in [0, 0.05) is 5.56 Å². The topological polar surface area (TPSA) is 46.6 Å². The number of carbonyl (C=O) groups excluding carboxylic acids is 2. The van der Waals surface area contributed by atoms with Crippen LogP contribution < -0.4 is 4.90 Å². The van der Waals surface area contributed by atoms with Crippen LogP contribution >= 0.6 is 11.8 Å². The number of hydrogen-bond donors (Lipinski definition) is 0. The average molecular weight is 409 g/mol. The third-order valence-electron chi connectivity index (χ3n) is 4.05. The van der Waals surface area contributed by atoms with Gasteiger partial charge in [-0.2, -0.15) is 13.2 Å². The molecule has 4 nitrogen and oxygen atoms in total. The van der Waals surface area contributed by atoms with E-state index in [0.717, 1.165) is 0 Å². The highest BCUT2D eigenvalue weighted by Gasteiger charge is 2.60. The molecule has 1 aliphatic rings. The number of amides is 2. The molecule has 8 heteroatoms. The van der Waals surface area contributed by atoms with E-state index in [-0.39, 0.29) is 16.8 Å². The van der Waals surface area contributed by atoms with Crippen molar-refractivity contribution in [3.8, 4) is 0 Å². The zero-order valence-corrected chi connectivity index (χ0v) is 16.2. The van der Waals surface area contributed by atoms with Crippen LogP contribution in [0.25, 0.3) is 0 Å². The molecular weight excluding hydrogens is 391 g/mol. The Labute approximate surface area is 164 Å². The Hall–Kier alpha value is -2.48. The largest absolute Gasteiger partial charge is 0.443 e. The predicted molar refractivity (Wildman–Crippen MR) is 101 cm³/mol. The minimum Gasteiger partial charge on any atom is -0.443 e. The second-order valence-corrected chi connectivity index (χ2v) is 8.51. The van der Waals surface area contributed by atoms with Crippen molar-refractivity contribution in [3.05, 3.63) is 65.7 Å². The van der Waals surface area contributed by atoms with Crippen LogP contribution in [0, 0.1) is 0 Å². The molecule has 0 aliphatic carbocycles. The fourth-order valence-corrected chi connectivity index (χ4v) is 4.18. The number of fused-ring (bicyclic) bond motifs is 1. The van der Waals surface area contributed by atoms with E-state index in [1.165, 1.54) is 24.3 Å². The minimum atomic E-state index is -4.72. The van der Waals surface area contributed by atoms with Crippen LogP contribution in [-0.2, 0) is 14.3 Å². The summed E-state index contributed by atoms with van der Waals surface area (Å²) in [7, 11) is 0. The molecule has 0 saturated heterocycles. The number of hydrogen-bond acceptors (Lipinski definition) is 4. The number of imide groups is 1. The number of carbonyl (C=O) groups is 2. The molecule has 148 valence electrons. The smallest absolute Gasteiger partial charge is 0.443 e. The average Bonchev–Trinajstić information content (AvgIpc) is 2.82. The molecule has 1 aliphatic heterocycles. The molecule has 0 saturated carbocycles. The summed E-state index contributed by atoms with van der Waals surface area (Å²) >= 11 is -0.444. The van der Waals surface area contributed by atoms with Gasteiger partial charge < -0.3 is 4.74 Å². The molecule has 0 fully saturated rings. The molecule has 0 aromatic heterocycles. The van der Waals surface area contributed by atoms with Crippen LogP contribution in [0.4, 0.5) is 23.7 Å². The molecule has 0 N–H and O–H groups in total. The first-order valence-electron chi connectivity index (χ1n) is 8.45. The molecule has 3 rings (SSSR count). The van der Waals surface area contributed by atoms with Crippen molar-refractivity contribution < 1.29 is 27.5 Å². The first kappa shape index (κ1) is 20.3. The highest BCUT2D eigenvalue weighted by atomic mass is 32.2. The van der Waals surface area contributed by atoms with E-state index in [1.807, 2.05) is 0 Å². The van der Waals surface area contributed by atoms with Crippen molar-refractivity contribution in [2.75, 3.05) is 4.90 Å². The van der Waals surface area contributed by atoms with E-state index in [1.54, 1.807) is 51.1 Å². The van der Waals surface area contributed by atoms with E-state index in [0.29, 0.717) is 4.90 Å². The Bertz CT molecular complexity index is 909. The minimum absolute atomic E-state index is 0.0855. The Balaban J connectivity index is 2.23. The van der Waals surface area contributed by atoms with Gasteiger partial charge in [-0.25, -0.2) is 9.69 Å². The van der Waals surface area contributed by atoms with Gasteiger partial charge in [-0.1, -0.05) is 48.5 Å². The molecule has 2 amide bonds. The number of anilines is 1. The molecule has 28 heavy (non-hydrogen) atoms. The van der Waals surface area contributed by atoms with Gasteiger partial charge in [-0.05, 0) is 44.2 Å². The van der Waals surface area contributed by atoms with Gasteiger partial charge in [0.15, 0.2) is 4.75 Å². The maximum Gasteiger partial charge on any atom is 0.443 e. The van der Waals surface area contributed by atoms with Crippen molar-refractivity contribution in [3.63, 3.8) is 0 Å². The number of benzene rings is 2. The third kappa shape index (κ3) is 3.61. The summed E-state index contributed by atoms with van der Waals surface area (Å²) < 4.78 is 43.9. The number of rotatable bonds is 2. The second kappa shape index (κ2) is 6.84. The number of ether oxygens (including phenoxy) is 1. The number of nitrogens with zero attached hydrogens (tertiary/aromatic N) is 1. The van der Waals surface area contributed by atoms with E-state index in [9.17, 15) is 22.8 Å². The van der Waals surface area contributed by atoms with Crippen LogP contribution in [0.2, 0.25) is 0 Å². The lowest BCUT2D eigenvalue weighted by atomic mass is 9.91. The maximum atomic E-state index is 13.6. The summed E-state index contributed by atoms with van der Waals surface area (Å²) in [6.07, 6.45) is -1.01. The van der Waals surface area contributed by atoms with Crippen molar-refractivity contribution in [1.82, 2.24) is 0 Å². The fraction of sp³-hybridized carbons (Fsp3) is 0.300. The van der Waals surface area contributed by atoms with Crippen molar-refractivity contribution in [2.24, 2.45) is 0 Å². The van der Waals surface area contributed by atoms with E-state index in [2.05, 4.69) is 0 Å². The van der Waals surface area contributed by atoms with Crippen LogP contribution in [-0.4, -0.2) is 23.1 Å². The first-order chi connectivity index (χ1) is 13.0. The summed E-state index contributed by atoms with van der Waals surface area (Å²) in [4.78, 5) is 26.8. The molecule has 1 atom stereocenters. The molecule has 1 heterocycles. The molecule has 0 bridgehead atoms. The summed E-state index contributed by atoms with van der Waals surface area (Å²) in [5.74, 6) is -1.00. The molecule has 0 spiro atoms. The summed E-state index contributed by atoms with van der Waals surface area (Å²) in [5.41, 5.74) is -5.31. The van der Waals surface area contributed by atoms with Gasteiger partial charge in [0.1, 0.15) is 5.60 Å². The number of para-hydroxylation sites is 1. The lowest BCUT2D eigenvalue weighted by Crippen LogP contribution is -2.45. The zero-order valence-electron chi connectivity index (χ0n) is 15.4. The summed E-state index contributed by atoms with van der Waals surface area (Å²) in [6.45, 7) is 4.85. The van der Waals surface area contributed by atoms with Gasteiger partial charge in [-0.3, -0.25) is 4.79 Å². The monoisotopic (exact) mass is 409 g/mol. The van der Waals surface area contributed by atoms with Gasteiger partial charge >= 0.3 is 11.6 Å². The van der Waals surface area contributed by atoms with Gasteiger partial charge in [0.05, 0.1) is 5.69 Å². The van der Waals surface area contributed by atoms with Gasteiger partial charge in [0.25, 0.3) is 5.91 Å². The highest BCUT2D eigenvalue weighted by molar-refractivity contribution is 8.02. The molecule has 0 radical (unpaired) electrons. The Kier molecular flexibility index (Phi) is 4.95. The highest BCUT2D eigenvalue weighted by Crippen LogP contribution is 2.57. The fourth-order valence-electron chi connectivity index (χ4n) is 3.12. The van der Waals surface area contributed by atoms with Crippen LogP contribution in [0.5, 0.6) is 0 Å². The molecule has 0 unspecified atom stereocenters. The molecule has 2 aromatic rings. The van der Waals surface area contributed by atoms with Gasteiger partial charge in [0.2, 0.25) is 0 Å². The van der Waals surface area contributed by atoms with E-state index >= 15 is 0 Å². The maximum absolute atomic E-state index is 13.6. The Morgan fingerprint density at radius 3 is 2.14 bits per heavy atom. The third-order valence-corrected chi connectivity index (χ3v) is 5.22. The standard InChI is InChI=1S/C20H18F3NO3S/c1-18(2,3)27-17(26)24-15-12-8-7-11-14(15)19(16(24)25,28-20(21,22)23)13-9-5-4-6-10-13/h4-12H,1-3H3/t19-/m0/s1. The summed E-state index contributed by atoms with van der Waals surface area (Å²) in [6, 6.07) is 13.6. The lowest BCUT2D eigenvalue weighted by Gasteiger charge is -2.29. The van der Waals surface area contributed by atoms with Crippen molar-refractivity contribution in [2.45, 2.75) is 36.6 Å². The van der Waals surface area contributed by atoms with E-state index < -0.39 is 39.6 Å². The molecule has 2 aromatic carbocycles. The quantitative estimate of drug-likeness (QED) is 0.660. The second-order valence-electron chi connectivity index (χ2n) is 7.23. The Morgan fingerprint density at radius 2 is 1.57 bits per heavy atom. The first-order valence-corrected chi connectivity index (χ1v) is 9.27. The van der Waals surface area contributed by atoms with Crippen LogP contribution in [0.3, 0.4) is 0 Å². The molecular formula is C20H18F3NO3S. The lowest BCUT2D eigenvalue weighted by molar-refractivity contribution is -0.119. The van der Waals surface area contributed by atoms with Crippen LogP contribution in [0.1, 0.15) is 31.9 Å². The van der Waals surface area contributed by atoms with Crippen LogP contribution in [0.15, 0.2) is 54.6 Å². The number of alkyl halides is 3. The zero-order chi connectivity index (χ0) is 20.7.